The van der Waals surface area contributed by atoms with Gasteiger partial charge in [0, 0.05) is 62.4 Å². The molecule has 4 aliphatic rings. The second-order valence-corrected chi connectivity index (χ2v) is 21.1. The molecule has 2 bridgehead atoms. The fourth-order valence-corrected chi connectivity index (χ4v) is 11.0. The van der Waals surface area contributed by atoms with Gasteiger partial charge in [0.25, 0.3) is 11.7 Å². The molecule has 3 fully saturated rings. The molecule has 13 nitrogen and oxygen atoms in total. The fourth-order valence-electron chi connectivity index (χ4n) is 10.1. The fraction of sp³-hybridized carbons (Fsp3) is 0.745. The van der Waals surface area contributed by atoms with E-state index in [1.165, 1.54) is 12.0 Å². The highest BCUT2D eigenvalue weighted by molar-refractivity contribution is 14.1. The number of carbonyl (C=O) groups is 5. The number of amides is 1. The van der Waals surface area contributed by atoms with Gasteiger partial charge in [-0.15, -0.1) is 0 Å². The van der Waals surface area contributed by atoms with E-state index in [1.54, 1.807) is 41.1 Å². The summed E-state index contributed by atoms with van der Waals surface area (Å²) < 4.78 is 30.1. The molecule has 2 saturated heterocycles. The van der Waals surface area contributed by atoms with E-state index < -0.39 is 77.8 Å². The van der Waals surface area contributed by atoms with Crippen molar-refractivity contribution in [3.8, 4) is 0 Å². The van der Waals surface area contributed by atoms with Crippen molar-refractivity contribution in [2.24, 2.45) is 35.5 Å². The summed E-state index contributed by atoms with van der Waals surface area (Å²) in [6.07, 6.45) is 13.6. The van der Waals surface area contributed by atoms with Crippen molar-refractivity contribution in [2.45, 2.75) is 178 Å². The number of piperidine rings is 1. The summed E-state index contributed by atoms with van der Waals surface area (Å²) in [5, 5.41) is 23.4. The molecule has 0 spiro atoms. The molecule has 0 aromatic rings. The SMILES string of the molecule is CO[C@H]1C[C@@H]2CC[C@@H](C)[C@@](O)(O2)C(=O)C(=O)N2CCCC[C@H]2C(=O)O[C@H]([C@H](C)C[C@H]2CC[C@@H](I)[C@H](OC)C2)CC(=O)[C@H](C)/C=C(\C)[C@@H](O)[C@@H](OC)C(=O)[C@H](C)C[C@H](C)/C=C/C=C/C=C/1C. The van der Waals surface area contributed by atoms with Gasteiger partial charge in [0.15, 0.2) is 5.78 Å². The van der Waals surface area contributed by atoms with Crippen LogP contribution in [0.15, 0.2) is 47.6 Å². The molecule has 0 aromatic carbocycles. The second kappa shape index (κ2) is 25.7. The van der Waals surface area contributed by atoms with Gasteiger partial charge in [0.2, 0.25) is 5.79 Å². The van der Waals surface area contributed by atoms with Gasteiger partial charge in [0.1, 0.15) is 30.1 Å². The number of fused-ring (bicyclic) bond motifs is 3. The Kier molecular flexibility index (Phi) is 21.7. The Morgan fingerprint density at radius 1 is 0.877 bits per heavy atom. The molecule has 65 heavy (non-hydrogen) atoms. The van der Waals surface area contributed by atoms with Crippen LogP contribution in [0.1, 0.15) is 126 Å². The quantitative estimate of drug-likeness (QED) is 0.0877. The summed E-state index contributed by atoms with van der Waals surface area (Å²) >= 11 is 2.43. The van der Waals surface area contributed by atoms with E-state index in [9.17, 15) is 34.2 Å². The number of hydrogen-bond donors (Lipinski definition) is 2. The van der Waals surface area contributed by atoms with Crippen LogP contribution in [0, 0.1) is 35.5 Å². The summed E-state index contributed by atoms with van der Waals surface area (Å²) in [6, 6.07) is -1.11. The minimum Gasteiger partial charge on any atom is -0.460 e. The number of hydrogen-bond acceptors (Lipinski definition) is 12. The number of aliphatic hydroxyl groups excluding tert-OH is 1. The number of allylic oxidation sites excluding steroid dienone is 6. The maximum absolute atomic E-state index is 14.4. The number of alkyl halides is 1. The van der Waals surface area contributed by atoms with E-state index in [2.05, 4.69) is 22.6 Å². The Bertz CT molecular complexity index is 1760. The van der Waals surface area contributed by atoms with Crippen LogP contribution in [-0.2, 0) is 47.7 Å². The third kappa shape index (κ3) is 14.7. The van der Waals surface area contributed by atoms with Crippen molar-refractivity contribution in [3.05, 3.63) is 47.6 Å². The van der Waals surface area contributed by atoms with Gasteiger partial charge in [-0.25, -0.2) is 4.79 Å². The first-order valence-electron chi connectivity index (χ1n) is 23.9. The zero-order chi connectivity index (χ0) is 48.2. The lowest BCUT2D eigenvalue weighted by atomic mass is 9.79. The maximum Gasteiger partial charge on any atom is 0.329 e. The van der Waals surface area contributed by atoms with Crippen LogP contribution in [0.4, 0.5) is 0 Å². The summed E-state index contributed by atoms with van der Waals surface area (Å²) in [7, 11) is 4.70. The Hall–Kier alpha value is -2.60. The first-order valence-corrected chi connectivity index (χ1v) is 25.1. The molecule has 4 rings (SSSR count). The van der Waals surface area contributed by atoms with Crippen molar-refractivity contribution < 1.29 is 57.9 Å². The van der Waals surface area contributed by atoms with Crippen LogP contribution in [0.25, 0.3) is 0 Å². The number of nitrogens with zero attached hydrogens (tertiary/aromatic N) is 1. The molecule has 2 N–H and O–H groups in total. The molecule has 366 valence electrons. The van der Waals surface area contributed by atoms with Crippen LogP contribution in [-0.4, -0.2) is 125 Å². The van der Waals surface area contributed by atoms with Crippen molar-refractivity contribution in [2.75, 3.05) is 27.9 Å². The summed E-state index contributed by atoms with van der Waals surface area (Å²) in [5.74, 6) is -7.50. The highest BCUT2D eigenvalue weighted by Crippen LogP contribution is 2.38. The topological polar surface area (TPSA) is 175 Å². The Morgan fingerprint density at radius 2 is 1.60 bits per heavy atom. The Morgan fingerprint density at radius 3 is 2.28 bits per heavy atom. The lowest BCUT2D eigenvalue weighted by Gasteiger charge is -2.42. The smallest absolute Gasteiger partial charge is 0.329 e. The predicted octanol–water partition coefficient (Wildman–Crippen LogP) is 7.62. The maximum atomic E-state index is 14.4. The monoisotopic (exact) mass is 1020 g/mol. The van der Waals surface area contributed by atoms with Crippen LogP contribution >= 0.6 is 22.6 Å². The van der Waals surface area contributed by atoms with Gasteiger partial charge in [-0.1, -0.05) is 93.7 Å². The highest BCUT2D eigenvalue weighted by atomic mass is 127. The predicted molar refractivity (Wildman–Crippen MR) is 257 cm³/mol. The largest absolute Gasteiger partial charge is 0.460 e. The minimum atomic E-state index is -2.41. The molecule has 1 amide bonds. The van der Waals surface area contributed by atoms with Crippen molar-refractivity contribution in [1.82, 2.24) is 4.90 Å². The summed E-state index contributed by atoms with van der Waals surface area (Å²) in [5.41, 5.74) is 1.30. The van der Waals surface area contributed by atoms with E-state index in [4.69, 9.17) is 23.7 Å². The Labute approximate surface area is 401 Å². The van der Waals surface area contributed by atoms with Crippen LogP contribution in [0.5, 0.6) is 0 Å². The molecule has 1 saturated carbocycles. The number of ketones is 3. The standard InChI is InChI=1S/C51H78INO12/c1-30-16-12-11-13-17-31(2)42(61-8)28-38-21-19-36(7)51(60,65-38)48(57)49(58)53-23-15-14-18-40(53)50(59)64-43(33(4)26-37-20-22-39(52)44(27-37)62-9)29-41(54)32(3)25-35(6)46(56)47(63-10)45(55)34(5)24-30/h11-13,16-17,25,30,32-34,36-40,42-44,46-47,56,60H,14-15,18-24,26-29H2,1-10H3/b13-11+,16-12+,31-17+,35-25+/t30-,32-,33-,34-,36-,37-,38+,39-,40+,42+,43+,44-,46-,47+,51-/m1/s1. The zero-order valence-electron chi connectivity index (χ0n) is 40.5. The number of Topliss-reactive ketones (excluding diaryl/α,β-unsaturated/α-hetero) is 3. The van der Waals surface area contributed by atoms with Crippen LogP contribution < -0.4 is 0 Å². The minimum absolute atomic E-state index is 0.0301. The van der Waals surface area contributed by atoms with E-state index in [0.717, 1.165) is 24.8 Å². The average Bonchev–Trinajstić information content (AvgIpc) is 3.28. The molecule has 0 radical (unpaired) electrons. The number of aliphatic hydroxyl groups is 2. The lowest BCUT2D eigenvalue weighted by Crippen LogP contribution is -2.61. The number of methoxy groups -OCH3 is 3. The molecule has 3 aliphatic heterocycles. The first kappa shape index (κ1) is 55.0. The van der Waals surface area contributed by atoms with Gasteiger partial charge in [-0.3, -0.25) is 19.2 Å². The summed E-state index contributed by atoms with van der Waals surface area (Å²) in [4.78, 5) is 71.9. The Balaban J connectivity index is 1.70. The number of esters is 1. The third-order valence-electron chi connectivity index (χ3n) is 14.4. The van der Waals surface area contributed by atoms with E-state index in [0.29, 0.717) is 54.4 Å². The zero-order valence-corrected chi connectivity index (χ0v) is 42.7. The van der Waals surface area contributed by atoms with E-state index >= 15 is 0 Å². The third-order valence-corrected chi connectivity index (χ3v) is 15.9. The number of cyclic esters (lactones) is 1. The van der Waals surface area contributed by atoms with Gasteiger partial charge >= 0.3 is 5.97 Å². The van der Waals surface area contributed by atoms with Gasteiger partial charge in [-0.2, -0.15) is 0 Å². The lowest BCUT2D eigenvalue weighted by molar-refractivity contribution is -0.265. The van der Waals surface area contributed by atoms with Gasteiger partial charge in [-0.05, 0) is 107 Å². The van der Waals surface area contributed by atoms with Crippen molar-refractivity contribution in [3.63, 3.8) is 0 Å². The molecule has 3 heterocycles. The number of carbonyl (C=O) groups excluding carboxylic acids is 5. The summed E-state index contributed by atoms with van der Waals surface area (Å²) in [6.45, 7) is 12.9. The molecule has 0 unspecified atom stereocenters. The van der Waals surface area contributed by atoms with Crippen molar-refractivity contribution in [1.29, 1.82) is 0 Å². The highest BCUT2D eigenvalue weighted by Gasteiger charge is 2.53. The number of halogens is 1. The first-order chi connectivity index (χ1) is 30.7. The van der Waals surface area contributed by atoms with Gasteiger partial charge < -0.3 is 38.8 Å². The molecule has 1 aliphatic carbocycles. The van der Waals surface area contributed by atoms with Crippen LogP contribution in [0.2, 0.25) is 0 Å². The second-order valence-electron chi connectivity index (χ2n) is 19.5. The molecule has 0 aromatic heterocycles. The van der Waals surface area contributed by atoms with Crippen LogP contribution in [0.3, 0.4) is 0 Å². The normalized spacial score (nSPS) is 40.4. The van der Waals surface area contributed by atoms with E-state index in [1.807, 2.05) is 58.1 Å². The molecule has 15 atom stereocenters. The average molecular weight is 1020 g/mol. The molecule has 14 heteroatoms. The molecular formula is C51H78INO12. The van der Waals surface area contributed by atoms with Crippen molar-refractivity contribution >= 4 is 51.8 Å². The molecular weight excluding hydrogens is 945 g/mol. The van der Waals surface area contributed by atoms with Gasteiger partial charge in [0.05, 0.1) is 18.3 Å². The number of rotatable bonds is 6. The number of ether oxygens (including phenoxy) is 5. The van der Waals surface area contributed by atoms with E-state index in [-0.39, 0.29) is 54.8 Å².